The summed E-state index contributed by atoms with van der Waals surface area (Å²) >= 11 is 6.07. The van der Waals surface area contributed by atoms with E-state index in [2.05, 4.69) is 9.98 Å². The zero-order valence-electron chi connectivity index (χ0n) is 14.1. The molecular formula is C21H14ClN3O2. The van der Waals surface area contributed by atoms with Gasteiger partial charge in [-0.3, -0.25) is 4.79 Å². The number of benzene rings is 2. The van der Waals surface area contributed by atoms with Crippen molar-refractivity contribution >= 4 is 34.4 Å². The number of rotatable bonds is 3. The fourth-order valence-corrected chi connectivity index (χ4v) is 3.09. The molecule has 6 heteroatoms. The molecule has 0 saturated carbocycles. The fourth-order valence-electron chi connectivity index (χ4n) is 2.90. The van der Waals surface area contributed by atoms with Crippen molar-refractivity contribution < 1.29 is 5.11 Å². The summed E-state index contributed by atoms with van der Waals surface area (Å²) in [7, 11) is 0. The Hall–Kier alpha value is -3.44. The van der Waals surface area contributed by atoms with E-state index in [1.165, 1.54) is 10.8 Å². The molecule has 4 rings (SSSR count). The first-order valence-corrected chi connectivity index (χ1v) is 8.61. The Kier molecular flexibility index (Phi) is 4.44. The third-order valence-corrected chi connectivity index (χ3v) is 4.38. The standard InChI is InChI=1S/C21H14ClN3O2/c22-14-6-5-7-15(12-14)25-20(26)17-9-2-1-8-16(17)18(21(25)27)13-24-19-10-3-4-11-23-19/h1-13,27H/b24-13+. The van der Waals surface area contributed by atoms with E-state index in [-0.39, 0.29) is 11.4 Å². The maximum Gasteiger partial charge on any atom is 0.265 e. The minimum atomic E-state index is -0.333. The number of hydrogen-bond donors (Lipinski definition) is 1. The summed E-state index contributed by atoms with van der Waals surface area (Å²) in [4.78, 5) is 21.5. The van der Waals surface area contributed by atoms with Crippen molar-refractivity contribution in [2.24, 2.45) is 4.99 Å². The summed E-state index contributed by atoms with van der Waals surface area (Å²) in [5.41, 5.74) is 0.569. The van der Waals surface area contributed by atoms with E-state index in [0.717, 1.165) is 0 Å². The molecule has 0 radical (unpaired) electrons. The highest BCUT2D eigenvalue weighted by Gasteiger charge is 2.16. The van der Waals surface area contributed by atoms with Gasteiger partial charge in [-0.05, 0) is 36.4 Å². The lowest BCUT2D eigenvalue weighted by Gasteiger charge is -2.13. The predicted octanol–water partition coefficient (Wildman–Crippen LogP) is 4.50. The molecule has 0 unspecified atom stereocenters. The molecule has 0 aliphatic carbocycles. The third-order valence-electron chi connectivity index (χ3n) is 4.15. The molecule has 0 fully saturated rings. The first-order chi connectivity index (χ1) is 13.1. The molecule has 2 aromatic heterocycles. The van der Waals surface area contributed by atoms with Crippen molar-refractivity contribution in [3.05, 3.63) is 93.9 Å². The van der Waals surface area contributed by atoms with Gasteiger partial charge in [0.1, 0.15) is 0 Å². The molecule has 0 bridgehead atoms. The van der Waals surface area contributed by atoms with Gasteiger partial charge in [0, 0.05) is 28.2 Å². The normalized spacial score (nSPS) is 11.3. The molecule has 5 nitrogen and oxygen atoms in total. The van der Waals surface area contributed by atoms with E-state index >= 15 is 0 Å². The smallest absolute Gasteiger partial charge is 0.265 e. The third kappa shape index (κ3) is 3.20. The molecule has 132 valence electrons. The summed E-state index contributed by atoms with van der Waals surface area (Å²) in [5, 5.41) is 12.4. The van der Waals surface area contributed by atoms with Crippen LogP contribution in [0.4, 0.5) is 5.82 Å². The lowest BCUT2D eigenvalue weighted by molar-refractivity contribution is 0.436. The Bertz CT molecular complexity index is 1220. The molecule has 0 atom stereocenters. The molecule has 1 N–H and O–H groups in total. The summed E-state index contributed by atoms with van der Waals surface area (Å²) in [5.74, 6) is 0.294. The van der Waals surface area contributed by atoms with E-state index in [0.29, 0.717) is 32.9 Å². The zero-order valence-corrected chi connectivity index (χ0v) is 14.8. The van der Waals surface area contributed by atoms with Crippen LogP contribution in [0.3, 0.4) is 0 Å². The van der Waals surface area contributed by atoms with Crippen LogP contribution in [-0.4, -0.2) is 20.9 Å². The van der Waals surface area contributed by atoms with Crippen LogP contribution in [-0.2, 0) is 0 Å². The van der Waals surface area contributed by atoms with Gasteiger partial charge in [0.05, 0.1) is 11.3 Å². The summed E-state index contributed by atoms with van der Waals surface area (Å²) in [6, 6.07) is 19.2. The number of aromatic hydroxyl groups is 1. The van der Waals surface area contributed by atoms with Gasteiger partial charge in [-0.25, -0.2) is 14.5 Å². The second-order valence-electron chi connectivity index (χ2n) is 5.85. The fraction of sp³-hybridized carbons (Fsp3) is 0. The quantitative estimate of drug-likeness (QED) is 0.536. The largest absolute Gasteiger partial charge is 0.494 e. The lowest BCUT2D eigenvalue weighted by Crippen LogP contribution is -2.20. The van der Waals surface area contributed by atoms with Gasteiger partial charge in [-0.1, -0.05) is 41.9 Å². The highest BCUT2D eigenvalue weighted by atomic mass is 35.5. The SMILES string of the molecule is O=c1c2ccccc2c(/C=N/c2ccccn2)c(O)n1-c1cccc(Cl)c1. The second-order valence-corrected chi connectivity index (χ2v) is 6.29. The number of halogens is 1. The second kappa shape index (κ2) is 7.05. The molecule has 4 aromatic rings. The average Bonchev–Trinajstić information content (AvgIpc) is 2.69. The Balaban J connectivity index is 2.00. The van der Waals surface area contributed by atoms with Crippen molar-refractivity contribution in [3.63, 3.8) is 0 Å². The predicted molar refractivity (Wildman–Crippen MR) is 108 cm³/mol. The van der Waals surface area contributed by atoms with Crippen molar-refractivity contribution in [1.82, 2.24) is 9.55 Å². The van der Waals surface area contributed by atoms with Crippen molar-refractivity contribution in [2.75, 3.05) is 0 Å². The lowest BCUT2D eigenvalue weighted by atomic mass is 10.1. The first kappa shape index (κ1) is 17.0. The van der Waals surface area contributed by atoms with Crippen LogP contribution in [0.1, 0.15) is 5.56 Å². The van der Waals surface area contributed by atoms with E-state index in [4.69, 9.17) is 11.6 Å². The van der Waals surface area contributed by atoms with Gasteiger partial charge in [0.25, 0.3) is 5.56 Å². The molecule has 0 aliphatic rings. The monoisotopic (exact) mass is 375 g/mol. The van der Waals surface area contributed by atoms with Crippen LogP contribution in [0.25, 0.3) is 16.5 Å². The van der Waals surface area contributed by atoms with Gasteiger partial charge in [-0.15, -0.1) is 0 Å². The van der Waals surface area contributed by atoms with Crippen molar-refractivity contribution in [2.45, 2.75) is 0 Å². The van der Waals surface area contributed by atoms with E-state index in [1.807, 2.05) is 12.1 Å². The molecular weight excluding hydrogens is 362 g/mol. The Morgan fingerprint density at radius 2 is 1.78 bits per heavy atom. The highest BCUT2D eigenvalue weighted by Crippen LogP contribution is 2.27. The van der Waals surface area contributed by atoms with Crippen LogP contribution >= 0.6 is 11.6 Å². The summed E-state index contributed by atoms with van der Waals surface area (Å²) in [6.45, 7) is 0. The molecule has 0 amide bonds. The number of aromatic nitrogens is 2. The molecule has 0 saturated heterocycles. The van der Waals surface area contributed by atoms with E-state index < -0.39 is 0 Å². The Labute approximate surface area is 159 Å². The number of hydrogen-bond acceptors (Lipinski definition) is 4. The summed E-state index contributed by atoms with van der Waals surface area (Å²) in [6.07, 6.45) is 3.15. The van der Waals surface area contributed by atoms with Gasteiger partial charge in [0.2, 0.25) is 5.88 Å². The number of fused-ring (bicyclic) bond motifs is 1. The maximum absolute atomic E-state index is 13.0. The Morgan fingerprint density at radius 3 is 2.52 bits per heavy atom. The maximum atomic E-state index is 13.0. The van der Waals surface area contributed by atoms with Gasteiger partial charge < -0.3 is 5.11 Å². The number of aliphatic imine (C=N–C) groups is 1. The van der Waals surface area contributed by atoms with Crippen LogP contribution < -0.4 is 5.56 Å². The first-order valence-electron chi connectivity index (χ1n) is 8.23. The zero-order chi connectivity index (χ0) is 18.8. The minimum Gasteiger partial charge on any atom is -0.494 e. The van der Waals surface area contributed by atoms with Gasteiger partial charge in [0.15, 0.2) is 5.82 Å². The summed E-state index contributed by atoms with van der Waals surface area (Å²) < 4.78 is 1.23. The Morgan fingerprint density at radius 1 is 1.00 bits per heavy atom. The average molecular weight is 376 g/mol. The van der Waals surface area contributed by atoms with E-state index in [9.17, 15) is 9.90 Å². The van der Waals surface area contributed by atoms with Crippen LogP contribution in [0.5, 0.6) is 5.88 Å². The number of nitrogens with zero attached hydrogens (tertiary/aromatic N) is 3. The van der Waals surface area contributed by atoms with E-state index in [1.54, 1.807) is 60.8 Å². The van der Waals surface area contributed by atoms with Crippen LogP contribution in [0.2, 0.25) is 5.02 Å². The topological polar surface area (TPSA) is 67.5 Å². The van der Waals surface area contributed by atoms with Gasteiger partial charge >= 0.3 is 0 Å². The minimum absolute atomic E-state index is 0.208. The van der Waals surface area contributed by atoms with Crippen LogP contribution in [0.15, 0.2) is 82.7 Å². The number of pyridine rings is 2. The molecule has 0 aliphatic heterocycles. The molecule has 0 spiro atoms. The molecule has 2 aromatic carbocycles. The van der Waals surface area contributed by atoms with Crippen molar-refractivity contribution in [1.29, 1.82) is 0 Å². The molecule has 2 heterocycles. The van der Waals surface area contributed by atoms with Gasteiger partial charge in [-0.2, -0.15) is 0 Å². The molecule has 27 heavy (non-hydrogen) atoms. The van der Waals surface area contributed by atoms with Crippen molar-refractivity contribution in [3.8, 4) is 11.6 Å². The van der Waals surface area contributed by atoms with Crippen LogP contribution in [0, 0.1) is 0 Å². The highest BCUT2D eigenvalue weighted by molar-refractivity contribution is 6.30.